The number of rotatable bonds is 6. The van der Waals surface area contributed by atoms with Crippen molar-refractivity contribution < 1.29 is 13.2 Å². The van der Waals surface area contributed by atoms with Crippen molar-refractivity contribution in [3.8, 4) is 0 Å². The van der Waals surface area contributed by atoms with Crippen LogP contribution in [0.1, 0.15) is 44.4 Å². The van der Waals surface area contributed by atoms with Gasteiger partial charge in [-0.3, -0.25) is 4.79 Å². The number of carbonyl (C=O) groups excluding carboxylic acids is 1. The molecule has 2 fully saturated rings. The van der Waals surface area contributed by atoms with Crippen LogP contribution >= 0.6 is 11.3 Å². The van der Waals surface area contributed by atoms with Crippen molar-refractivity contribution in [2.45, 2.75) is 62.7 Å². The minimum Gasteiger partial charge on any atom is -0.354 e. The van der Waals surface area contributed by atoms with E-state index in [2.05, 4.69) is 24.1 Å². The molecule has 0 aromatic carbocycles. The lowest BCUT2D eigenvalue weighted by Gasteiger charge is -2.35. The second kappa shape index (κ2) is 8.59. The maximum Gasteiger partial charge on any atom is 0.253 e. The van der Waals surface area contributed by atoms with Crippen LogP contribution in [0.2, 0.25) is 0 Å². The predicted octanol–water partition coefficient (Wildman–Crippen LogP) is 2.45. The zero-order valence-corrected chi connectivity index (χ0v) is 18.1. The molecule has 1 N–H and O–H groups in total. The first kappa shape index (κ1) is 20.8. The number of nitrogens with one attached hydrogen (secondary N) is 1. The molecule has 1 aromatic heterocycles. The van der Waals surface area contributed by atoms with E-state index < -0.39 is 16.1 Å². The van der Waals surface area contributed by atoms with Crippen molar-refractivity contribution in [3.05, 3.63) is 17.0 Å². The minimum absolute atomic E-state index is 0.147. The van der Waals surface area contributed by atoms with E-state index in [-0.39, 0.29) is 5.91 Å². The highest BCUT2D eigenvalue weighted by Gasteiger charge is 2.40. The molecule has 1 amide bonds. The largest absolute Gasteiger partial charge is 0.354 e. The van der Waals surface area contributed by atoms with Gasteiger partial charge in [0.25, 0.3) is 10.0 Å². The Kier molecular flexibility index (Phi) is 6.61. The number of thiophene rings is 1. The molecule has 0 saturated carbocycles. The van der Waals surface area contributed by atoms with Gasteiger partial charge in [0.05, 0.1) is 0 Å². The molecule has 2 aliphatic rings. The quantitative estimate of drug-likeness (QED) is 0.778. The van der Waals surface area contributed by atoms with E-state index in [4.69, 9.17) is 0 Å². The van der Waals surface area contributed by atoms with E-state index in [0.717, 1.165) is 37.2 Å². The highest BCUT2D eigenvalue weighted by Crippen LogP contribution is 2.30. The van der Waals surface area contributed by atoms with Crippen molar-refractivity contribution in [2.24, 2.45) is 5.92 Å². The van der Waals surface area contributed by atoms with Crippen molar-refractivity contribution in [1.29, 1.82) is 0 Å². The molecular weight excluding hydrogens is 382 g/mol. The first-order valence-electron chi connectivity index (χ1n) is 9.89. The number of likely N-dealkylation sites (tertiary alicyclic amines) is 1. The van der Waals surface area contributed by atoms with Gasteiger partial charge in [-0.15, -0.1) is 11.3 Å². The van der Waals surface area contributed by atoms with Gasteiger partial charge in [-0.05, 0) is 71.0 Å². The molecule has 2 saturated heterocycles. The van der Waals surface area contributed by atoms with Gasteiger partial charge in [0.15, 0.2) is 0 Å². The van der Waals surface area contributed by atoms with Crippen molar-refractivity contribution >= 4 is 27.3 Å². The molecule has 27 heavy (non-hydrogen) atoms. The molecule has 2 unspecified atom stereocenters. The van der Waals surface area contributed by atoms with Gasteiger partial charge in [-0.1, -0.05) is 0 Å². The summed E-state index contributed by atoms with van der Waals surface area (Å²) < 4.78 is 27.6. The van der Waals surface area contributed by atoms with Crippen LogP contribution in [0.25, 0.3) is 0 Å². The fourth-order valence-corrected chi connectivity index (χ4v) is 7.12. The molecule has 0 bridgehead atoms. The Morgan fingerprint density at radius 3 is 2.67 bits per heavy atom. The van der Waals surface area contributed by atoms with Crippen LogP contribution in [-0.4, -0.2) is 61.8 Å². The SMILES string of the molecule is Cc1ccc(S(=O)(=O)N2CCCC2C(=O)NCC2CCCN(C(C)C)C2)s1. The fraction of sp³-hybridized carbons (Fsp3) is 0.737. The van der Waals surface area contributed by atoms with Crippen molar-refractivity contribution in [2.75, 3.05) is 26.2 Å². The van der Waals surface area contributed by atoms with Crippen LogP contribution in [-0.2, 0) is 14.8 Å². The van der Waals surface area contributed by atoms with Gasteiger partial charge in [0.2, 0.25) is 5.91 Å². The maximum absolute atomic E-state index is 12.9. The van der Waals surface area contributed by atoms with Crippen molar-refractivity contribution in [3.63, 3.8) is 0 Å². The fourth-order valence-electron chi connectivity index (χ4n) is 4.05. The van der Waals surface area contributed by atoms with Gasteiger partial charge in [0, 0.05) is 30.6 Å². The molecule has 2 aliphatic heterocycles. The zero-order chi connectivity index (χ0) is 19.6. The van der Waals surface area contributed by atoms with Crippen LogP contribution in [0.4, 0.5) is 0 Å². The third-order valence-corrected chi connectivity index (χ3v) is 9.01. The van der Waals surface area contributed by atoms with E-state index in [1.54, 1.807) is 6.07 Å². The molecular formula is C19H31N3O3S2. The highest BCUT2D eigenvalue weighted by atomic mass is 32.2. The number of sulfonamides is 1. The second-order valence-corrected chi connectivity index (χ2v) is 11.4. The highest BCUT2D eigenvalue weighted by molar-refractivity contribution is 7.91. The average molecular weight is 414 g/mol. The number of amides is 1. The Balaban J connectivity index is 1.61. The lowest BCUT2D eigenvalue weighted by atomic mass is 9.97. The summed E-state index contributed by atoms with van der Waals surface area (Å²) in [4.78, 5) is 16.2. The van der Waals surface area contributed by atoms with Crippen LogP contribution < -0.4 is 5.32 Å². The van der Waals surface area contributed by atoms with Crippen LogP contribution in [0, 0.1) is 12.8 Å². The maximum atomic E-state index is 12.9. The summed E-state index contributed by atoms with van der Waals surface area (Å²) >= 11 is 1.27. The van der Waals surface area contributed by atoms with E-state index in [9.17, 15) is 13.2 Å². The third-order valence-electron chi connectivity index (χ3n) is 5.63. The molecule has 0 spiro atoms. The summed E-state index contributed by atoms with van der Waals surface area (Å²) in [7, 11) is -3.59. The van der Waals surface area contributed by atoms with Crippen LogP contribution in [0.5, 0.6) is 0 Å². The van der Waals surface area contributed by atoms with Gasteiger partial charge in [-0.25, -0.2) is 8.42 Å². The Labute approximate surface area is 167 Å². The molecule has 6 nitrogen and oxygen atoms in total. The zero-order valence-electron chi connectivity index (χ0n) is 16.5. The predicted molar refractivity (Wildman–Crippen MR) is 108 cm³/mol. The van der Waals surface area contributed by atoms with E-state index in [0.29, 0.717) is 35.7 Å². The number of carbonyl (C=O) groups is 1. The van der Waals surface area contributed by atoms with E-state index in [1.165, 1.54) is 15.6 Å². The number of aryl methyl sites for hydroxylation is 1. The standard InChI is InChI=1S/C19H31N3O3S2/c1-14(2)21-10-4-6-16(13-21)12-20-19(23)17-7-5-11-22(17)27(24,25)18-9-8-15(3)26-18/h8-9,14,16-17H,4-7,10-13H2,1-3H3,(H,20,23). The number of nitrogens with zero attached hydrogens (tertiary/aromatic N) is 2. The molecule has 152 valence electrons. The molecule has 1 aromatic rings. The average Bonchev–Trinajstić information content (AvgIpc) is 3.29. The summed E-state index contributed by atoms with van der Waals surface area (Å²) in [6, 6.07) is 3.40. The summed E-state index contributed by atoms with van der Waals surface area (Å²) in [5.74, 6) is 0.294. The summed E-state index contributed by atoms with van der Waals surface area (Å²) in [6.07, 6.45) is 3.59. The Morgan fingerprint density at radius 2 is 2.00 bits per heavy atom. The Hall–Kier alpha value is -0.960. The molecule has 0 radical (unpaired) electrons. The van der Waals surface area contributed by atoms with Gasteiger partial charge in [-0.2, -0.15) is 4.31 Å². The summed E-state index contributed by atoms with van der Waals surface area (Å²) in [6.45, 7) is 9.47. The molecule has 2 atom stereocenters. The number of hydrogen-bond acceptors (Lipinski definition) is 5. The van der Waals surface area contributed by atoms with Gasteiger partial charge >= 0.3 is 0 Å². The molecule has 0 aliphatic carbocycles. The topological polar surface area (TPSA) is 69.7 Å². The lowest BCUT2D eigenvalue weighted by molar-refractivity contribution is -0.124. The minimum atomic E-state index is -3.59. The number of hydrogen-bond donors (Lipinski definition) is 1. The second-order valence-electron chi connectivity index (χ2n) is 7.98. The van der Waals surface area contributed by atoms with Gasteiger partial charge in [0.1, 0.15) is 10.3 Å². The Bertz CT molecular complexity index is 760. The monoisotopic (exact) mass is 413 g/mol. The Morgan fingerprint density at radius 1 is 1.26 bits per heavy atom. The normalized spacial score (nSPS) is 25.2. The smallest absolute Gasteiger partial charge is 0.253 e. The van der Waals surface area contributed by atoms with Crippen LogP contribution in [0.3, 0.4) is 0 Å². The van der Waals surface area contributed by atoms with Gasteiger partial charge < -0.3 is 10.2 Å². The molecule has 3 heterocycles. The molecule has 8 heteroatoms. The lowest BCUT2D eigenvalue weighted by Crippen LogP contribution is -2.48. The first-order valence-corrected chi connectivity index (χ1v) is 12.1. The van der Waals surface area contributed by atoms with Crippen LogP contribution in [0.15, 0.2) is 16.3 Å². The number of piperidine rings is 1. The summed E-state index contributed by atoms with van der Waals surface area (Å²) in [5.41, 5.74) is 0. The van der Waals surface area contributed by atoms with Crippen molar-refractivity contribution in [1.82, 2.24) is 14.5 Å². The third kappa shape index (κ3) is 4.72. The van der Waals surface area contributed by atoms with E-state index in [1.807, 2.05) is 13.0 Å². The first-order chi connectivity index (χ1) is 12.8. The molecule has 3 rings (SSSR count). The summed E-state index contributed by atoms with van der Waals surface area (Å²) in [5, 5.41) is 3.04. The van der Waals surface area contributed by atoms with E-state index >= 15 is 0 Å².